The molecule has 0 saturated carbocycles. The molecule has 0 spiro atoms. The number of ether oxygens (including phenoxy) is 1. The van der Waals surface area contributed by atoms with Crippen molar-refractivity contribution in [1.29, 1.82) is 0 Å². The lowest BCUT2D eigenvalue weighted by atomic mass is 10.2. The fourth-order valence-electron chi connectivity index (χ4n) is 0.918. The number of amides is 1. The van der Waals surface area contributed by atoms with E-state index in [4.69, 9.17) is 4.74 Å². The van der Waals surface area contributed by atoms with E-state index in [1.807, 2.05) is 26.8 Å². The van der Waals surface area contributed by atoms with Crippen LogP contribution in [-0.4, -0.2) is 18.2 Å². The Morgan fingerprint density at radius 3 is 2.57 bits per heavy atom. The molecular formula is C11H21NO2. The minimum atomic E-state index is -0.412. The van der Waals surface area contributed by atoms with Crippen LogP contribution < -0.4 is 5.32 Å². The number of unbranched alkanes of at least 4 members (excludes halogenated alkanes) is 2. The van der Waals surface area contributed by atoms with Gasteiger partial charge in [0.1, 0.15) is 5.60 Å². The van der Waals surface area contributed by atoms with E-state index < -0.39 is 5.60 Å². The first-order chi connectivity index (χ1) is 6.45. The van der Waals surface area contributed by atoms with Gasteiger partial charge in [0.15, 0.2) is 0 Å². The highest BCUT2D eigenvalue weighted by molar-refractivity contribution is 5.67. The number of carbonyl (C=O) groups excluding carboxylic acids is 1. The zero-order valence-corrected chi connectivity index (χ0v) is 9.43. The Hall–Kier alpha value is -0.990. The van der Waals surface area contributed by atoms with Gasteiger partial charge < -0.3 is 10.1 Å². The van der Waals surface area contributed by atoms with Crippen LogP contribution in [0.25, 0.3) is 0 Å². The van der Waals surface area contributed by atoms with Gasteiger partial charge in [0, 0.05) is 6.54 Å². The highest BCUT2D eigenvalue weighted by Crippen LogP contribution is 2.06. The number of hydrogen-bond acceptors (Lipinski definition) is 2. The van der Waals surface area contributed by atoms with E-state index in [9.17, 15) is 4.79 Å². The third-order valence-electron chi connectivity index (χ3n) is 1.50. The van der Waals surface area contributed by atoms with E-state index in [0.717, 1.165) is 19.3 Å². The van der Waals surface area contributed by atoms with Crippen molar-refractivity contribution in [1.82, 2.24) is 5.32 Å². The molecule has 0 aliphatic heterocycles. The summed E-state index contributed by atoms with van der Waals surface area (Å²) in [5.74, 6) is 0. The predicted molar refractivity (Wildman–Crippen MR) is 58.3 cm³/mol. The van der Waals surface area contributed by atoms with Crippen molar-refractivity contribution in [3.63, 3.8) is 0 Å². The third kappa shape index (κ3) is 9.10. The molecule has 0 atom stereocenters. The quantitative estimate of drug-likeness (QED) is 0.546. The normalized spacial score (nSPS) is 10.8. The Kier molecular flexibility index (Phi) is 6.00. The van der Waals surface area contributed by atoms with Gasteiger partial charge in [0.25, 0.3) is 0 Å². The standard InChI is InChI=1S/C11H21NO2/c1-5-6-7-8-9-12-10(13)14-11(2,3)4/h5H,1,6-9H2,2-4H3,(H,12,13). The minimum absolute atomic E-state index is 0.337. The molecule has 1 amide bonds. The monoisotopic (exact) mass is 199 g/mol. The number of nitrogens with one attached hydrogen (secondary N) is 1. The molecular weight excluding hydrogens is 178 g/mol. The maximum absolute atomic E-state index is 11.1. The minimum Gasteiger partial charge on any atom is -0.444 e. The van der Waals surface area contributed by atoms with Gasteiger partial charge in [0.05, 0.1) is 0 Å². The van der Waals surface area contributed by atoms with Gasteiger partial charge >= 0.3 is 6.09 Å². The van der Waals surface area contributed by atoms with Gasteiger partial charge in [-0.2, -0.15) is 0 Å². The molecule has 0 unspecified atom stereocenters. The van der Waals surface area contributed by atoms with Crippen LogP contribution in [-0.2, 0) is 4.74 Å². The van der Waals surface area contributed by atoms with Crippen LogP contribution in [0.3, 0.4) is 0 Å². The van der Waals surface area contributed by atoms with Crippen molar-refractivity contribution in [3.05, 3.63) is 12.7 Å². The summed E-state index contributed by atoms with van der Waals surface area (Å²) in [7, 11) is 0. The van der Waals surface area contributed by atoms with E-state index in [2.05, 4.69) is 11.9 Å². The molecule has 0 saturated heterocycles. The average molecular weight is 199 g/mol. The third-order valence-corrected chi connectivity index (χ3v) is 1.50. The first-order valence-electron chi connectivity index (χ1n) is 5.03. The summed E-state index contributed by atoms with van der Waals surface area (Å²) in [6.07, 6.45) is 4.56. The number of carbonyl (C=O) groups is 1. The van der Waals surface area contributed by atoms with Gasteiger partial charge in [-0.15, -0.1) is 6.58 Å². The molecule has 0 aliphatic carbocycles. The number of hydrogen-bond donors (Lipinski definition) is 1. The van der Waals surface area contributed by atoms with Crippen molar-refractivity contribution in [2.45, 2.75) is 45.6 Å². The molecule has 0 heterocycles. The molecule has 0 rings (SSSR count). The Balaban J connectivity index is 3.41. The second kappa shape index (κ2) is 6.46. The van der Waals surface area contributed by atoms with Crippen molar-refractivity contribution >= 4 is 6.09 Å². The Labute approximate surface area is 86.5 Å². The van der Waals surface area contributed by atoms with Crippen molar-refractivity contribution in [3.8, 4) is 0 Å². The van der Waals surface area contributed by atoms with Crippen LogP contribution in [0.5, 0.6) is 0 Å². The molecule has 0 aromatic rings. The van der Waals surface area contributed by atoms with E-state index in [1.165, 1.54) is 0 Å². The van der Waals surface area contributed by atoms with Crippen LogP contribution >= 0.6 is 0 Å². The first-order valence-corrected chi connectivity index (χ1v) is 5.03. The van der Waals surface area contributed by atoms with Crippen LogP contribution in [0.15, 0.2) is 12.7 Å². The summed E-state index contributed by atoms with van der Waals surface area (Å²) in [4.78, 5) is 11.1. The van der Waals surface area contributed by atoms with Crippen LogP contribution in [0, 0.1) is 0 Å². The molecule has 0 fully saturated rings. The van der Waals surface area contributed by atoms with Crippen LogP contribution in [0.1, 0.15) is 40.0 Å². The summed E-state index contributed by atoms with van der Waals surface area (Å²) < 4.78 is 5.07. The fraction of sp³-hybridized carbons (Fsp3) is 0.727. The van der Waals surface area contributed by atoms with Crippen LogP contribution in [0.2, 0.25) is 0 Å². The van der Waals surface area contributed by atoms with Crippen molar-refractivity contribution in [2.24, 2.45) is 0 Å². The first kappa shape index (κ1) is 13.0. The molecule has 0 aromatic heterocycles. The van der Waals surface area contributed by atoms with Crippen molar-refractivity contribution in [2.75, 3.05) is 6.54 Å². The summed E-state index contributed by atoms with van der Waals surface area (Å²) in [5, 5.41) is 2.70. The Morgan fingerprint density at radius 2 is 2.07 bits per heavy atom. The average Bonchev–Trinajstić information content (AvgIpc) is 2.00. The lowest BCUT2D eigenvalue weighted by Gasteiger charge is -2.19. The SMILES string of the molecule is C=CCCCCNC(=O)OC(C)(C)C. The predicted octanol–water partition coefficient (Wildman–Crippen LogP) is 2.87. The lowest BCUT2D eigenvalue weighted by molar-refractivity contribution is 0.0527. The number of alkyl carbamates (subject to hydrolysis) is 1. The maximum Gasteiger partial charge on any atom is 0.407 e. The zero-order valence-electron chi connectivity index (χ0n) is 9.43. The molecule has 0 radical (unpaired) electrons. The van der Waals surface area contributed by atoms with Crippen LogP contribution in [0.4, 0.5) is 4.79 Å². The summed E-state index contributed by atoms with van der Waals surface area (Å²) in [5.41, 5.74) is -0.412. The highest BCUT2D eigenvalue weighted by Gasteiger charge is 2.15. The zero-order chi connectivity index (χ0) is 11.0. The number of rotatable bonds is 5. The van der Waals surface area contributed by atoms with E-state index >= 15 is 0 Å². The molecule has 0 aliphatic rings. The fourth-order valence-corrected chi connectivity index (χ4v) is 0.918. The molecule has 0 bridgehead atoms. The topological polar surface area (TPSA) is 38.3 Å². The van der Waals surface area contributed by atoms with Gasteiger partial charge in [-0.1, -0.05) is 6.08 Å². The molecule has 3 nitrogen and oxygen atoms in total. The Bertz CT molecular complexity index is 182. The summed E-state index contributed by atoms with van der Waals surface area (Å²) in [6.45, 7) is 9.85. The smallest absolute Gasteiger partial charge is 0.407 e. The second-order valence-corrected chi connectivity index (χ2v) is 4.21. The van der Waals surface area contributed by atoms with Gasteiger partial charge in [0.2, 0.25) is 0 Å². The van der Waals surface area contributed by atoms with Gasteiger partial charge in [-0.3, -0.25) is 0 Å². The van der Waals surface area contributed by atoms with Gasteiger partial charge in [-0.05, 0) is 40.0 Å². The molecule has 82 valence electrons. The molecule has 14 heavy (non-hydrogen) atoms. The largest absolute Gasteiger partial charge is 0.444 e. The highest BCUT2D eigenvalue weighted by atomic mass is 16.6. The molecule has 1 N–H and O–H groups in total. The van der Waals surface area contributed by atoms with E-state index in [-0.39, 0.29) is 6.09 Å². The summed E-state index contributed by atoms with van der Waals surface area (Å²) >= 11 is 0. The van der Waals surface area contributed by atoms with Crippen molar-refractivity contribution < 1.29 is 9.53 Å². The summed E-state index contributed by atoms with van der Waals surface area (Å²) in [6, 6.07) is 0. The van der Waals surface area contributed by atoms with E-state index in [1.54, 1.807) is 0 Å². The molecule has 3 heteroatoms. The second-order valence-electron chi connectivity index (χ2n) is 4.21. The maximum atomic E-state index is 11.1. The van der Waals surface area contributed by atoms with E-state index in [0.29, 0.717) is 6.54 Å². The lowest BCUT2D eigenvalue weighted by Crippen LogP contribution is -2.32. The Morgan fingerprint density at radius 1 is 1.43 bits per heavy atom. The number of allylic oxidation sites excluding steroid dienone is 1. The molecule has 0 aromatic carbocycles. The van der Waals surface area contributed by atoms with Gasteiger partial charge in [-0.25, -0.2) is 4.79 Å².